The highest BCUT2D eigenvalue weighted by Gasteiger charge is 2.02. The van der Waals surface area contributed by atoms with E-state index in [1.165, 1.54) is 22.3 Å². The summed E-state index contributed by atoms with van der Waals surface area (Å²) in [6, 6.07) is 19.3. The standard InChI is InChI=1S/C19H23N/c1-15(2)19(14-20-3)13-16-9-11-18(12-10-16)17-7-5-4-6-8-17/h4-13,15,20H,14H2,1-3H3. The number of hydrogen-bond acceptors (Lipinski definition) is 1. The van der Waals surface area contributed by atoms with Crippen molar-refractivity contribution in [2.24, 2.45) is 5.92 Å². The van der Waals surface area contributed by atoms with Crippen molar-refractivity contribution in [3.05, 3.63) is 65.7 Å². The van der Waals surface area contributed by atoms with Crippen molar-refractivity contribution in [1.29, 1.82) is 0 Å². The van der Waals surface area contributed by atoms with Gasteiger partial charge in [-0.3, -0.25) is 0 Å². The van der Waals surface area contributed by atoms with E-state index in [0.29, 0.717) is 5.92 Å². The Bertz CT molecular complexity index is 550. The van der Waals surface area contributed by atoms with Gasteiger partial charge < -0.3 is 5.32 Å². The molecule has 104 valence electrons. The highest BCUT2D eigenvalue weighted by molar-refractivity contribution is 5.66. The molecular weight excluding hydrogens is 242 g/mol. The SMILES string of the molecule is CNCC(=Cc1ccc(-c2ccccc2)cc1)C(C)C. The average Bonchev–Trinajstić information content (AvgIpc) is 2.48. The van der Waals surface area contributed by atoms with Crippen LogP contribution in [0.4, 0.5) is 0 Å². The molecule has 0 fully saturated rings. The van der Waals surface area contributed by atoms with E-state index in [0.717, 1.165) is 6.54 Å². The first kappa shape index (κ1) is 14.5. The van der Waals surface area contributed by atoms with Crippen molar-refractivity contribution in [2.75, 3.05) is 13.6 Å². The van der Waals surface area contributed by atoms with Gasteiger partial charge in [0.05, 0.1) is 0 Å². The normalized spacial score (nSPS) is 11.9. The Morgan fingerprint density at radius 3 is 2.10 bits per heavy atom. The van der Waals surface area contributed by atoms with E-state index in [4.69, 9.17) is 0 Å². The van der Waals surface area contributed by atoms with Crippen LogP contribution >= 0.6 is 0 Å². The summed E-state index contributed by atoms with van der Waals surface area (Å²) in [6.07, 6.45) is 2.29. The summed E-state index contributed by atoms with van der Waals surface area (Å²) in [5.41, 5.74) is 5.23. The molecule has 0 aromatic heterocycles. The second-order valence-corrected chi connectivity index (χ2v) is 5.39. The number of hydrogen-bond donors (Lipinski definition) is 1. The Morgan fingerprint density at radius 2 is 1.55 bits per heavy atom. The summed E-state index contributed by atoms with van der Waals surface area (Å²) in [6.45, 7) is 5.42. The minimum absolute atomic E-state index is 0.566. The minimum atomic E-state index is 0.566. The van der Waals surface area contributed by atoms with Crippen LogP contribution < -0.4 is 5.32 Å². The van der Waals surface area contributed by atoms with Gasteiger partial charge in [0, 0.05) is 6.54 Å². The van der Waals surface area contributed by atoms with Gasteiger partial charge in [-0.25, -0.2) is 0 Å². The fourth-order valence-corrected chi connectivity index (χ4v) is 2.24. The monoisotopic (exact) mass is 265 g/mol. The van der Waals surface area contributed by atoms with Crippen molar-refractivity contribution in [3.63, 3.8) is 0 Å². The zero-order valence-corrected chi connectivity index (χ0v) is 12.6. The zero-order chi connectivity index (χ0) is 14.4. The van der Waals surface area contributed by atoms with E-state index in [2.05, 4.69) is 73.8 Å². The van der Waals surface area contributed by atoms with Crippen molar-refractivity contribution >= 4 is 6.08 Å². The predicted molar refractivity (Wildman–Crippen MR) is 88.6 cm³/mol. The zero-order valence-electron chi connectivity index (χ0n) is 12.6. The minimum Gasteiger partial charge on any atom is -0.316 e. The summed E-state index contributed by atoms with van der Waals surface area (Å²) in [7, 11) is 1.99. The Hall–Kier alpha value is -1.86. The fraction of sp³-hybridized carbons (Fsp3) is 0.263. The molecule has 0 saturated carbocycles. The summed E-state index contributed by atoms with van der Waals surface area (Å²) >= 11 is 0. The fourth-order valence-electron chi connectivity index (χ4n) is 2.24. The lowest BCUT2D eigenvalue weighted by molar-refractivity contribution is 0.713. The van der Waals surface area contributed by atoms with E-state index in [1.54, 1.807) is 0 Å². The number of rotatable bonds is 5. The van der Waals surface area contributed by atoms with Gasteiger partial charge in [-0.15, -0.1) is 0 Å². The topological polar surface area (TPSA) is 12.0 Å². The lowest BCUT2D eigenvalue weighted by Gasteiger charge is -2.11. The Morgan fingerprint density at radius 1 is 0.950 bits per heavy atom. The number of nitrogens with one attached hydrogen (secondary N) is 1. The van der Waals surface area contributed by atoms with Crippen LogP contribution in [0.3, 0.4) is 0 Å². The van der Waals surface area contributed by atoms with Gasteiger partial charge in [-0.1, -0.05) is 80.1 Å². The van der Waals surface area contributed by atoms with Gasteiger partial charge >= 0.3 is 0 Å². The summed E-state index contributed by atoms with van der Waals surface area (Å²) in [4.78, 5) is 0. The molecule has 0 bridgehead atoms. The summed E-state index contributed by atoms with van der Waals surface area (Å²) < 4.78 is 0. The summed E-state index contributed by atoms with van der Waals surface area (Å²) in [5, 5.41) is 3.24. The van der Waals surface area contributed by atoms with E-state index in [1.807, 2.05) is 13.1 Å². The molecule has 0 aliphatic carbocycles. The molecule has 0 heterocycles. The van der Waals surface area contributed by atoms with Crippen LogP contribution in [0.15, 0.2) is 60.2 Å². The molecule has 0 aliphatic rings. The van der Waals surface area contributed by atoms with E-state index in [-0.39, 0.29) is 0 Å². The molecule has 0 atom stereocenters. The van der Waals surface area contributed by atoms with Gasteiger partial charge in [0.25, 0.3) is 0 Å². The largest absolute Gasteiger partial charge is 0.316 e. The van der Waals surface area contributed by atoms with Crippen LogP contribution in [0.1, 0.15) is 19.4 Å². The van der Waals surface area contributed by atoms with Crippen molar-refractivity contribution < 1.29 is 0 Å². The molecule has 1 N–H and O–H groups in total. The third-order valence-corrected chi connectivity index (χ3v) is 3.49. The van der Waals surface area contributed by atoms with Gasteiger partial charge in [0.1, 0.15) is 0 Å². The lowest BCUT2D eigenvalue weighted by Crippen LogP contribution is -2.13. The molecule has 1 heteroatoms. The number of benzene rings is 2. The molecule has 0 spiro atoms. The molecule has 2 aromatic rings. The first-order valence-electron chi connectivity index (χ1n) is 7.21. The van der Waals surface area contributed by atoms with Crippen LogP contribution in [0.25, 0.3) is 17.2 Å². The van der Waals surface area contributed by atoms with Crippen molar-refractivity contribution in [3.8, 4) is 11.1 Å². The van der Waals surface area contributed by atoms with Crippen LogP contribution in [0, 0.1) is 5.92 Å². The summed E-state index contributed by atoms with van der Waals surface area (Å²) in [5.74, 6) is 0.566. The molecule has 0 amide bonds. The number of likely N-dealkylation sites (N-methyl/N-ethyl adjacent to an activating group) is 1. The first-order chi connectivity index (χ1) is 9.70. The quantitative estimate of drug-likeness (QED) is 0.832. The van der Waals surface area contributed by atoms with Gasteiger partial charge in [-0.05, 0) is 29.7 Å². The predicted octanol–water partition coefficient (Wildman–Crippen LogP) is 4.61. The molecule has 0 saturated heterocycles. The lowest BCUT2D eigenvalue weighted by atomic mass is 9.98. The Kier molecular flexibility index (Phi) is 5.14. The molecule has 2 rings (SSSR count). The second-order valence-electron chi connectivity index (χ2n) is 5.39. The first-order valence-corrected chi connectivity index (χ1v) is 7.21. The maximum atomic E-state index is 3.24. The van der Waals surface area contributed by atoms with Crippen molar-refractivity contribution in [2.45, 2.75) is 13.8 Å². The van der Waals surface area contributed by atoms with Crippen LogP contribution in [0.5, 0.6) is 0 Å². The third kappa shape index (κ3) is 3.82. The van der Waals surface area contributed by atoms with Gasteiger partial charge in [-0.2, -0.15) is 0 Å². The molecule has 2 aromatic carbocycles. The molecular formula is C19H23N. The average molecular weight is 265 g/mol. The van der Waals surface area contributed by atoms with E-state index >= 15 is 0 Å². The van der Waals surface area contributed by atoms with Crippen LogP contribution in [-0.4, -0.2) is 13.6 Å². The highest BCUT2D eigenvalue weighted by atomic mass is 14.8. The molecule has 1 nitrogen and oxygen atoms in total. The Labute approximate surface area is 122 Å². The third-order valence-electron chi connectivity index (χ3n) is 3.49. The van der Waals surface area contributed by atoms with Gasteiger partial charge in [0.15, 0.2) is 0 Å². The molecule has 20 heavy (non-hydrogen) atoms. The molecule has 0 aliphatic heterocycles. The highest BCUT2D eigenvalue weighted by Crippen LogP contribution is 2.21. The maximum Gasteiger partial charge on any atom is 0.0167 e. The van der Waals surface area contributed by atoms with Crippen molar-refractivity contribution in [1.82, 2.24) is 5.32 Å². The van der Waals surface area contributed by atoms with Crippen LogP contribution in [0.2, 0.25) is 0 Å². The maximum absolute atomic E-state index is 3.24. The van der Waals surface area contributed by atoms with Gasteiger partial charge in [0.2, 0.25) is 0 Å². The molecule has 0 unspecified atom stereocenters. The van der Waals surface area contributed by atoms with E-state index in [9.17, 15) is 0 Å². The van der Waals surface area contributed by atoms with E-state index < -0.39 is 0 Å². The molecule has 0 radical (unpaired) electrons. The smallest absolute Gasteiger partial charge is 0.0167 e. The van der Waals surface area contributed by atoms with Crippen LogP contribution in [-0.2, 0) is 0 Å². The Balaban J connectivity index is 2.22. The second kappa shape index (κ2) is 7.06.